The highest BCUT2D eigenvalue weighted by atomic mass is 32.1. The molecule has 1 aromatic carbocycles. The van der Waals surface area contributed by atoms with Crippen LogP contribution in [-0.4, -0.2) is 21.7 Å². The number of thiazole rings is 1. The van der Waals surface area contributed by atoms with Gasteiger partial charge in [-0.2, -0.15) is 0 Å². The number of methoxy groups -OCH3 is 1. The minimum Gasteiger partial charge on any atom is -0.496 e. The van der Waals surface area contributed by atoms with Gasteiger partial charge in [0.05, 0.1) is 19.3 Å². The Morgan fingerprint density at radius 3 is 2.89 bits per heavy atom. The van der Waals surface area contributed by atoms with Crippen molar-refractivity contribution in [1.82, 2.24) is 14.6 Å². The van der Waals surface area contributed by atoms with Gasteiger partial charge < -0.3 is 10.5 Å². The number of nitrogens with zero attached hydrogens (tertiary/aromatic N) is 3. The Kier molecular flexibility index (Phi) is 2.96. The zero-order chi connectivity index (χ0) is 13.4. The maximum atomic E-state index is 5.70. The molecular weight excluding hydrogens is 260 g/mol. The number of benzene rings is 1. The lowest BCUT2D eigenvalue weighted by atomic mass is 10.1. The van der Waals surface area contributed by atoms with Crippen molar-refractivity contribution < 1.29 is 4.74 Å². The van der Waals surface area contributed by atoms with E-state index in [1.165, 1.54) is 0 Å². The van der Waals surface area contributed by atoms with Crippen LogP contribution in [0.3, 0.4) is 0 Å². The van der Waals surface area contributed by atoms with Crippen molar-refractivity contribution in [3.63, 3.8) is 0 Å². The summed E-state index contributed by atoms with van der Waals surface area (Å²) in [6.07, 6.45) is 0. The molecule has 98 valence electrons. The smallest absolute Gasteiger partial charge is 0.216 e. The Morgan fingerprint density at radius 2 is 2.21 bits per heavy atom. The highest BCUT2D eigenvalue weighted by Gasteiger charge is 2.13. The van der Waals surface area contributed by atoms with E-state index in [1.54, 1.807) is 18.4 Å². The Bertz CT molecular complexity index is 731. The molecule has 3 rings (SSSR count). The van der Waals surface area contributed by atoms with Crippen LogP contribution in [-0.2, 0) is 6.54 Å². The highest BCUT2D eigenvalue weighted by molar-refractivity contribution is 7.15. The van der Waals surface area contributed by atoms with Gasteiger partial charge in [0.25, 0.3) is 0 Å². The van der Waals surface area contributed by atoms with E-state index in [0.717, 1.165) is 33.4 Å². The van der Waals surface area contributed by atoms with Crippen molar-refractivity contribution in [2.45, 2.75) is 13.5 Å². The summed E-state index contributed by atoms with van der Waals surface area (Å²) in [6.45, 7) is 2.40. The molecule has 0 atom stereocenters. The third-order valence-electron chi connectivity index (χ3n) is 3.09. The number of hydrogen-bond acceptors (Lipinski definition) is 5. The van der Waals surface area contributed by atoms with Crippen LogP contribution >= 0.6 is 11.3 Å². The fourth-order valence-corrected chi connectivity index (χ4v) is 3.00. The van der Waals surface area contributed by atoms with E-state index in [9.17, 15) is 0 Å². The first kappa shape index (κ1) is 12.1. The molecule has 2 N–H and O–H groups in total. The van der Waals surface area contributed by atoms with Gasteiger partial charge in [-0.15, -0.1) is 21.5 Å². The number of aromatic nitrogens is 3. The van der Waals surface area contributed by atoms with Crippen LogP contribution in [0.2, 0.25) is 0 Å². The van der Waals surface area contributed by atoms with Gasteiger partial charge in [-0.1, -0.05) is 0 Å². The minimum atomic E-state index is 0.375. The van der Waals surface area contributed by atoms with Crippen molar-refractivity contribution in [2.75, 3.05) is 7.11 Å². The fourth-order valence-electron chi connectivity index (χ4n) is 2.15. The van der Waals surface area contributed by atoms with Crippen LogP contribution in [0.1, 0.15) is 11.4 Å². The lowest BCUT2D eigenvalue weighted by molar-refractivity contribution is 0.412. The molecule has 5 nitrogen and oxygen atoms in total. The molecule has 0 amide bonds. The number of ether oxygens (including phenoxy) is 1. The van der Waals surface area contributed by atoms with Crippen molar-refractivity contribution in [3.05, 3.63) is 35.0 Å². The van der Waals surface area contributed by atoms with Crippen LogP contribution in [0.25, 0.3) is 16.2 Å². The Morgan fingerprint density at radius 1 is 1.37 bits per heavy atom. The zero-order valence-electron chi connectivity index (χ0n) is 10.8. The lowest BCUT2D eigenvalue weighted by Gasteiger charge is -2.07. The van der Waals surface area contributed by atoms with Crippen molar-refractivity contribution in [1.29, 1.82) is 0 Å². The first-order valence-corrected chi connectivity index (χ1v) is 6.79. The summed E-state index contributed by atoms with van der Waals surface area (Å²) in [5, 5.41) is 10.3. The molecule has 0 aliphatic rings. The number of rotatable bonds is 3. The summed E-state index contributed by atoms with van der Waals surface area (Å²) in [7, 11) is 1.68. The first-order chi connectivity index (χ1) is 9.24. The highest BCUT2D eigenvalue weighted by Crippen LogP contribution is 2.29. The molecular formula is C13H14N4OS. The van der Waals surface area contributed by atoms with Gasteiger partial charge in [0.2, 0.25) is 4.96 Å². The average molecular weight is 274 g/mol. The van der Waals surface area contributed by atoms with Gasteiger partial charge in [-0.3, -0.25) is 4.40 Å². The molecule has 2 heterocycles. The van der Waals surface area contributed by atoms with Gasteiger partial charge >= 0.3 is 0 Å². The zero-order valence-corrected chi connectivity index (χ0v) is 11.6. The quantitative estimate of drug-likeness (QED) is 0.795. The molecule has 0 spiro atoms. The summed E-state index contributed by atoms with van der Waals surface area (Å²) in [5.74, 6) is 1.66. The summed E-state index contributed by atoms with van der Waals surface area (Å²) < 4.78 is 7.29. The maximum absolute atomic E-state index is 5.70. The summed E-state index contributed by atoms with van der Waals surface area (Å²) in [5.41, 5.74) is 8.98. The normalized spacial score (nSPS) is 11.1. The van der Waals surface area contributed by atoms with Crippen LogP contribution in [0.4, 0.5) is 0 Å². The van der Waals surface area contributed by atoms with Gasteiger partial charge in [0.15, 0.2) is 5.82 Å². The number of nitrogens with two attached hydrogens (primary N) is 1. The van der Waals surface area contributed by atoms with Gasteiger partial charge in [-0.05, 0) is 36.2 Å². The number of aryl methyl sites for hydroxylation is 1. The second kappa shape index (κ2) is 4.64. The number of hydrogen-bond donors (Lipinski definition) is 1. The van der Waals surface area contributed by atoms with Gasteiger partial charge in [0, 0.05) is 5.38 Å². The minimum absolute atomic E-state index is 0.375. The monoisotopic (exact) mass is 274 g/mol. The SMILES string of the molecule is COc1ccc(-c2csc3nnc(CN)n23)cc1C. The molecule has 0 saturated heterocycles. The van der Waals surface area contributed by atoms with Crippen LogP contribution in [0.15, 0.2) is 23.6 Å². The Balaban J connectivity index is 2.18. The third kappa shape index (κ3) is 1.89. The standard InChI is InChI=1S/C13H14N4OS/c1-8-5-9(3-4-11(8)18-2)10-7-19-13-16-15-12(6-14)17(10)13/h3-5,7H,6,14H2,1-2H3. The van der Waals surface area contributed by atoms with Gasteiger partial charge in [0.1, 0.15) is 5.75 Å². The molecule has 2 aromatic heterocycles. The number of fused-ring (bicyclic) bond motifs is 1. The summed E-state index contributed by atoms with van der Waals surface area (Å²) >= 11 is 1.56. The summed E-state index contributed by atoms with van der Waals surface area (Å²) in [6, 6.07) is 6.11. The predicted octanol–water partition coefficient (Wildman–Crippen LogP) is 2.23. The Hall–Kier alpha value is -1.92. The van der Waals surface area contributed by atoms with E-state index in [2.05, 4.69) is 21.6 Å². The van der Waals surface area contributed by atoms with Crippen molar-refractivity contribution in [3.8, 4) is 17.0 Å². The van der Waals surface area contributed by atoms with E-state index in [1.807, 2.05) is 23.5 Å². The first-order valence-electron chi connectivity index (χ1n) is 5.91. The molecule has 0 radical (unpaired) electrons. The van der Waals surface area contributed by atoms with Crippen LogP contribution < -0.4 is 10.5 Å². The van der Waals surface area contributed by atoms with E-state index >= 15 is 0 Å². The molecule has 0 bridgehead atoms. The predicted molar refractivity (Wildman–Crippen MR) is 75.5 cm³/mol. The average Bonchev–Trinajstić information content (AvgIpc) is 2.99. The molecule has 19 heavy (non-hydrogen) atoms. The van der Waals surface area contributed by atoms with Crippen LogP contribution in [0, 0.1) is 6.92 Å². The second-order valence-corrected chi connectivity index (χ2v) is 5.08. The molecule has 0 aliphatic heterocycles. The van der Waals surface area contributed by atoms with Crippen molar-refractivity contribution >= 4 is 16.3 Å². The third-order valence-corrected chi connectivity index (χ3v) is 3.91. The van der Waals surface area contributed by atoms with E-state index in [4.69, 9.17) is 10.5 Å². The summed E-state index contributed by atoms with van der Waals surface area (Å²) in [4.78, 5) is 0.865. The lowest BCUT2D eigenvalue weighted by Crippen LogP contribution is -2.03. The Labute approximate surface area is 114 Å². The second-order valence-electron chi connectivity index (χ2n) is 4.24. The molecule has 6 heteroatoms. The molecule has 3 aromatic rings. The fraction of sp³-hybridized carbons (Fsp3) is 0.231. The van der Waals surface area contributed by atoms with E-state index < -0.39 is 0 Å². The maximum Gasteiger partial charge on any atom is 0.216 e. The molecule has 0 aliphatic carbocycles. The molecule has 0 saturated carbocycles. The van der Waals surface area contributed by atoms with E-state index in [0.29, 0.717) is 6.54 Å². The van der Waals surface area contributed by atoms with Crippen LogP contribution in [0.5, 0.6) is 5.75 Å². The van der Waals surface area contributed by atoms with Crippen molar-refractivity contribution in [2.24, 2.45) is 5.73 Å². The topological polar surface area (TPSA) is 65.4 Å². The molecule has 0 unspecified atom stereocenters. The largest absolute Gasteiger partial charge is 0.496 e. The van der Waals surface area contributed by atoms with E-state index in [-0.39, 0.29) is 0 Å². The van der Waals surface area contributed by atoms with Gasteiger partial charge in [-0.25, -0.2) is 0 Å². The molecule has 0 fully saturated rings.